The van der Waals surface area contributed by atoms with Crippen molar-refractivity contribution < 1.29 is 8.78 Å². The second-order valence-corrected chi connectivity index (χ2v) is 3.68. The van der Waals surface area contributed by atoms with Gasteiger partial charge in [0.05, 0.1) is 6.04 Å². The lowest BCUT2D eigenvalue weighted by Gasteiger charge is -2.17. The summed E-state index contributed by atoms with van der Waals surface area (Å²) in [5, 5.41) is 0. The zero-order valence-electron chi connectivity index (χ0n) is 9.03. The molecule has 1 atom stereocenters. The predicted octanol–water partition coefficient (Wildman–Crippen LogP) is 2.52. The third-order valence-corrected chi connectivity index (χ3v) is 2.56. The highest BCUT2D eigenvalue weighted by Gasteiger charge is 2.16. The minimum absolute atomic E-state index is 0.375. The van der Waals surface area contributed by atoms with Crippen molar-refractivity contribution in [3.63, 3.8) is 0 Å². The van der Waals surface area contributed by atoms with Crippen molar-refractivity contribution in [3.05, 3.63) is 71.3 Å². The summed E-state index contributed by atoms with van der Waals surface area (Å²) in [4.78, 5) is 0. The van der Waals surface area contributed by atoms with E-state index in [-0.39, 0.29) is 11.6 Å². The van der Waals surface area contributed by atoms with Crippen molar-refractivity contribution in [1.29, 1.82) is 0 Å². The molecule has 0 aliphatic heterocycles. The smallest absolute Gasteiger partial charge is 0.128 e. The molecule has 2 nitrogen and oxygen atoms in total. The standard InChI is InChI=1S/C13H12F2N2/c14-10-5-3-4-9(8-10)13(17-16)11-6-1-2-7-12(11)15/h1-8,13,17H,16H2/t13-/m1/s1. The van der Waals surface area contributed by atoms with E-state index in [1.54, 1.807) is 30.3 Å². The van der Waals surface area contributed by atoms with Crippen LogP contribution < -0.4 is 11.3 Å². The van der Waals surface area contributed by atoms with Crippen LogP contribution in [0.4, 0.5) is 8.78 Å². The Hall–Kier alpha value is -1.78. The maximum Gasteiger partial charge on any atom is 0.128 e. The SMILES string of the molecule is NN[C@H](c1cccc(F)c1)c1ccccc1F. The number of halogens is 2. The first kappa shape index (κ1) is 11.7. The zero-order valence-corrected chi connectivity index (χ0v) is 9.03. The summed E-state index contributed by atoms with van der Waals surface area (Å²) >= 11 is 0. The van der Waals surface area contributed by atoms with Crippen LogP contribution in [-0.2, 0) is 0 Å². The van der Waals surface area contributed by atoms with Crippen LogP contribution in [0.3, 0.4) is 0 Å². The second kappa shape index (κ2) is 5.03. The number of rotatable bonds is 3. The molecular formula is C13H12F2N2. The van der Waals surface area contributed by atoms with Gasteiger partial charge in [0.1, 0.15) is 11.6 Å². The van der Waals surface area contributed by atoms with Crippen LogP contribution in [0.2, 0.25) is 0 Å². The van der Waals surface area contributed by atoms with Gasteiger partial charge in [-0.1, -0.05) is 30.3 Å². The van der Waals surface area contributed by atoms with Crippen molar-refractivity contribution in [2.75, 3.05) is 0 Å². The molecule has 0 aromatic heterocycles. The van der Waals surface area contributed by atoms with Crippen LogP contribution in [0, 0.1) is 11.6 Å². The van der Waals surface area contributed by atoms with Crippen LogP contribution in [0.15, 0.2) is 48.5 Å². The van der Waals surface area contributed by atoms with E-state index in [4.69, 9.17) is 5.84 Å². The topological polar surface area (TPSA) is 38.0 Å². The van der Waals surface area contributed by atoms with Crippen molar-refractivity contribution >= 4 is 0 Å². The number of hydrogen-bond acceptors (Lipinski definition) is 2. The molecule has 0 fully saturated rings. The van der Waals surface area contributed by atoms with Crippen LogP contribution in [0.1, 0.15) is 17.2 Å². The summed E-state index contributed by atoms with van der Waals surface area (Å²) in [6, 6.07) is 11.6. The van der Waals surface area contributed by atoms with Crippen molar-refractivity contribution in [3.8, 4) is 0 Å². The van der Waals surface area contributed by atoms with Gasteiger partial charge < -0.3 is 0 Å². The second-order valence-electron chi connectivity index (χ2n) is 3.68. The monoisotopic (exact) mass is 234 g/mol. The van der Waals surface area contributed by atoms with Crippen LogP contribution >= 0.6 is 0 Å². The number of hydrazine groups is 1. The van der Waals surface area contributed by atoms with Gasteiger partial charge in [0.25, 0.3) is 0 Å². The van der Waals surface area contributed by atoms with E-state index in [2.05, 4.69) is 5.43 Å². The van der Waals surface area contributed by atoms with Crippen LogP contribution in [-0.4, -0.2) is 0 Å². The Morgan fingerprint density at radius 1 is 1.00 bits per heavy atom. The molecule has 0 saturated carbocycles. The van der Waals surface area contributed by atoms with E-state index in [9.17, 15) is 8.78 Å². The van der Waals surface area contributed by atoms with Crippen LogP contribution in [0.25, 0.3) is 0 Å². The van der Waals surface area contributed by atoms with Gasteiger partial charge in [0, 0.05) is 5.56 Å². The number of nitrogens with two attached hydrogens (primary N) is 1. The Bertz CT molecular complexity index is 514. The molecule has 0 radical (unpaired) electrons. The lowest BCUT2D eigenvalue weighted by Crippen LogP contribution is -2.29. The zero-order chi connectivity index (χ0) is 12.3. The Morgan fingerprint density at radius 3 is 2.41 bits per heavy atom. The highest BCUT2D eigenvalue weighted by molar-refractivity contribution is 5.32. The first-order valence-electron chi connectivity index (χ1n) is 5.18. The van der Waals surface area contributed by atoms with E-state index in [0.29, 0.717) is 11.1 Å². The molecule has 3 N–H and O–H groups in total. The van der Waals surface area contributed by atoms with Crippen LogP contribution in [0.5, 0.6) is 0 Å². The fourth-order valence-corrected chi connectivity index (χ4v) is 1.76. The van der Waals surface area contributed by atoms with Crippen molar-refractivity contribution in [2.45, 2.75) is 6.04 Å². The molecule has 4 heteroatoms. The number of nitrogens with one attached hydrogen (secondary N) is 1. The summed E-state index contributed by atoms with van der Waals surface area (Å²) in [7, 11) is 0. The van der Waals surface area contributed by atoms with Gasteiger partial charge in [-0.25, -0.2) is 14.2 Å². The molecule has 2 aromatic carbocycles. The summed E-state index contributed by atoms with van der Waals surface area (Å²) in [6.07, 6.45) is 0. The largest absolute Gasteiger partial charge is 0.271 e. The lowest BCUT2D eigenvalue weighted by molar-refractivity contribution is 0.555. The molecule has 0 amide bonds. The maximum absolute atomic E-state index is 13.6. The highest BCUT2D eigenvalue weighted by Crippen LogP contribution is 2.23. The molecule has 0 aliphatic rings. The Morgan fingerprint density at radius 2 is 1.76 bits per heavy atom. The van der Waals surface area contributed by atoms with Gasteiger partial charge in [-0.05, 0) is 23.8 Å². The Kier molecular flexibility index (Phi) is 3.46. The van der Waals surface area contributed by atoms with E-state index in [0.717, 1.165) is 0 Å². The van der Waals surface area contributed by atoms with Gasteiger partial charge in [-0.3, -0.25) is 5.84 Å². The third-order valence-electron chi connectivity index (χ3n) is 2.56. The van der Waals surface area contributed by atoms with E-state index < -0.39 is 6.04 Å². The summed E-state index contributed by atoms with van der Waals surface area (Å²) in [5.74, 6) is 4.67. The van der Waals surface area contributed by atoms with Gasteiger partial charge in [-0.2, -0.15) is 0 Å². The summed E-state index contributed by atoms with van der Waals surface area (Å²) in [6.45, 7) is 0. The van der Waals surface area contributed by atoms with Gasteiger partial charge in [0.15, 0.2) is 0 Å². The fraction of sp³-hybridized carbons (Fsp3) is 0.0769. The van der Waals surface area contributed by atoms with E-state index in [1.165, 1.54) is 18.2 Å². The molecule has 0 aliphatic carbocycles. The minimum Gasteiger partial charge on any atom is -0.271 e. The lowest BCUT2D eigenvalue weighted by atomic mass is 9.99. The highest BCUT2D eigenvalue weighted by atomic mass is 19.1. The molecule has 17 heavy (non-hydrogen) atoms. The van der Waals surface area contributed by atoms with Crippen molar-refractivity contribution in [1.82, 2.24) is 5.43 Å². The first-order chi connectivity index (χ1) is 8.22. The van der Waals surface area contributed by atoms with E-state index >= 15 is 0 Å². The molecule has 0 saturated heterocycles. The molecule has 88 valence electrons. The Balaban J connectivity index is 2.44. The summed E-state index contributed by atoms with van der Waals surface area (Å²) in [5.41, 5.74) is 3.47. The molecule has 0 heterocycles. The minimum atomic E-state index is -0.563. The van der Waals surface area contributed by atoms with E-state index in [1.807, 2.05) is 0 Å². The average molecular weight is 234 g/mol. The first-order valence-corrected chi connectivity index (χ1v) is 5.18. The number of hydrogen-bond donors (Lipinski definition) is 2. The average Bonchev–Trinajstić information content (AvgIpc) is 2.33. The quantitative estimate of drug-likeness (QED) is 0.632. The van der Waals surface area contributed by atoms with Crippen molar-refractivity contribution in [2.24, 2.45) is 5.84 Å². The molecule has 0 spiro atoms. The van der Waals surface area contributed by atoms with Gasteiger partial charge in [0.2, 0.25) is 0 Å². The molecule has 2 rings (SSSR count). The predicted molar refractivity (Wildman–Crippen MR) is 62.0 cm³/mol. The molecular weight excluding hydrogens is 222 g/mol. The molecule has 0 bridgehead atoms. The molecule has 2 aromatic rings. The molecule has 0 unspecified atom stereocenters. The third kappa shape index (κ3) is 2.49. The fourth-order valence-electron chi connectivity index (χ4n) is 1.76. The van der Waals surface area contributed by atoms with Gasteiger partial charge >= 0.3 is 0 Å². The number of benzene rings is 2. The maximum atomic E-state index is 13.6. The van der Waals surface area contributed by atoms with Gasteiger partial charge in [-0.15, -0.1) is 0 Å². The Labute approximate surface area is 98.0 Å². The summed E-state index contributed by atoms with van der Waals surface area (Å²) < 4.78 is 26.7. The normalized spacial score (nSPS) is 12.4.